The average Bonchev–Trinajstić information content (AvgIpc) is 3.11. The molecule has 3 N–H and O–H groups in total. The number of nitrogen functional groups attached to an aromatic ring is 1. The number of nitrogens with two attached hydrogens (primary N) is 1. The van der Waals surface area contributed by atoms with Gasteiger partial charge in [-0.2, -0.15) is 0 Å². The normalized spacial score (nSPS) is 15.4. The summed E-state index contributed by atoms with van der Waals surface area (Å²) in [4.78, 5) is 9.15. The lowest BCUT2D eigenvalue weighted by molar-refractivity contribution is 0.748. The van der Waals surface area contributed by atoms with Crippen LogP contribution in [0.15, 0.2) is 5.03 Å². The molecule has 0 radical (unpaired) electrons. The fraction of sp³-hybridized carbons (Fsp3) is 0.667. The molecule has 0 aromatic carbocycles. The summed E-state index contributed by atoms with van der Waals surface area (Å²) in [7, 11) is 0. The molecular weight excluding hydrogens is 232 g/mol. The number of hydrazine groups is 1. The molecule has 17 heavy (non-hydrogen) atoms. The smallest absolute Gasteiger partial charge is 0.147 e. The van der Waals surface area contributed by atoms with Crippen LogP contribution in [0.25, 0.3) is 0 Å². The van der Waals surface area contributed by atoms with Crippen LogP contribution in [0.1, 0.15) is 44.0 Å². The maximum absolute atomic E-state index is 5.52. The minimum absolute atomic E-state index is 0.557. The van der Waals surface area contributed by atoms with Crippen LogP contribution >= 0.6 is 11.8 Å². The van der Waals surface area contributed by atoms with Crippen molar-refractivity contribution in [2.45, 2.75) is 44.6 Å². The lowest BCUT2D eigenvalue weighted by Crippen LogP contribution is -2.13. The van der Waals surface area contributed by atoms with Gasteiger partial charge in [-0.25, -0.2) is 15.8 Å². The molecule has 0 unspecified atom stereocenters. The van der Waals surface area contributed by atoms with Gasteiger partial charge in [0.25, 0.3) is 0 Å². The molecule has 0 spiro atoms. The SMILES string of the molecule is Cc1c(NN)nc(C2CC2)nc1SCC(C)C. The molecule has 1 saturated carbocycles. The van der Waals surface area contributed by atoms with Gasteiger partial charge in [-0.15, -0.1) is 11.8 Å². The van der Waals surface area contributed by atoms with Crippen LogP contribution < -0.4 is 11.3 Å². The van der Waals surface area contributed by atoms with Crippen LogP contribution in [0.5, 0.6) is 0 Å². The van der Waals surface area contributed by atoms with Crippen LogP contribution in [0.3, 0.4) is 0 Å². The molecular formula is C12H20N4S. The molecule has 1 aliphatic carbocycles. The fourth-order valence-electron chi connectivity index (χ4n) is 1.56. The Morgan fingerprint density at radius 2 is 2.12 bits per heavy atom. The number of hydrogen-bond acceptors (Lipinski definition) is 5. The number of nitrogens with zero attached hydrogens (tertiary/aromatic N) is 2. The highest BCUT2D eigenvalue weighted by atomic mass is 32.2. The predicted molar refractivity (Wildman–Crippen MR) is 72.1 cm³/mol. The van der Waals surface area contributed by atoms with Crippen LogP contribution in [0, 0.1) is 12.8 Å². The highest BCUT2D eigenvalue weighted by molar-refractivity contribution is 7.99. The van der Waals surface area contributed by atoms with Crippen molar-refractivity contribution >= 4 is 17.6 Å². The van der Waals surface area contributed by atoms with E-state index >= 15 is 0 Å². The minimum Gasteiger partial charge on any atom is -0.308 e. The van der Waals surface area contributed by atoms with Crippen molar-refractivity contribution in [3.05, 3.63) is 11.4 Å². The lowest BCUT2D eigenvalue weighted by atomic mass is 10.3. The molecule has 0 saturated heterocycles. The first kappa shape index (κ1) is 12.6. The number of anilines is 1. The van der Waals surface area contributed by atoms with Crippen molar-refractivity contribution in [1.29, 1.82) is 0 Å². The molecule has 0 aliphatic heterocycles. The zero-order valence-corrected chi connectivity index (χ0v) is 11.5. The van der Waals surface area contributed by atoms with Gasteiger partial charge in [0, 0.05) is 17.2 Å². The second-order valence-corrected chi connectivity index (χ2v) is 5.99. The highest BCUT2D eigenvalue weighted by Gasteiger charge is 2.28. The van der Waals surface area contributed by atoms with E-state index in [9.17, 15) is 0 Å². The molecule has 5 heteroatoms. The van der Waals surface area contributed by atoms with E-state index in [0.717, 1.165) is 28.0 Å². The topological polar surface area (TPSA) is 63.8 Å². The van der Waals surface area contributed by atoms with E-state index in [4.69, 9.17) is 5.84 Å². The third-order valence-corrected chi connectivity index (χ3v) is 4.26. The van der Waals surface area contributed by atoms with Gasteiger partial charge in [0.2, 0.25) is 0 Å². The first-order valence-corrected chi connectivity index (χ1v) is 7.08. The van der Waals surface area contributed by atoms with Gasteiger partial charge in [0.05, 0.1) is 0 Å². The summed E-state index contributed by atoms with van der Waals surface area (Å²) in [5.41, 5.74) is 3.74. The monoisotopic (exact) mass is 252 g/mol. The summed E-state index contributed by atoms with van der Waals surface area (Å²) in [6, 6.07) is 0. The standard InChI is InChI=1S/C12H20N4S/c1-7(2)6-17-12-8(3)10(16-13)14-11(15-12)9-4-5-9/h7,9H,4-6,13H2,1-3H3,(H,14,15,16). The molecule has 0 atom stereocenters. The van der Waals surface area contributed by atoms with Gasteiger partial charge in [-0.3, -0.25) is 0 Å². The second kappa shape index (κ2) is 5.23. The summed E-state index contributed by atoms with van der Waals surface area (Å²) in [5, 5.41) is 1.07. The van der Waals surface area contributed by atoms with Gasteiger partial charge in [-0.05, 0) is 25.7 Å². The van der Waals surface area contributed by atoms with Crippen molar-refractivity contribution in [2.75, 3.05) is 11.2 Å². The molecule has 1 aromatic rings. The number of nitrogens with one attached hydrogen (secondary N) is 1. The van der Waals surface area contributed by atoms with Crippen LogP contribution in [0.4, 0.5) is 5.82 Å². The summed E-state index contributed by atoms with van der Waals surface area (Å²) in [6.07, 6.45) is 2.42. The lowest BCUT2D eigenvalue weighted by Gasteiger charge is -2.12. The zero-order valence-electron chi connectivity index (χ0n) is 10.7. The largest absolute Gasteiger partial charge is 0.308 e. The first-order valence-electron chi connectivity index (χ1n) is 6.09. The molecule has 0 bridgehead atoms. The summed E-state index contributed by atoms with van der Waals surface area (Å²) in [5.74, 6) is 9.53. The van der Waals surface area contributed by atoms with E-state index in [1.807, 2.05) is 6.92 Å². The minimum atomic E-state index is 0.557. The summed E-state index contributed by atoms with van der Waals surface area (Å²) in [6.45, 7) is 6.45. The first-order chi connectivity index (χ1) is 8.11. The molecule has 1 aliphatic rings. The summed E-state index contributed by atoms with van der Waals surface area (Å²) < 4.78 is 0. The third kappa shape index (κ3) is 3.10. The molecule has 4 nitrogen and oxygen atoms in total. The Morgan fingerprint density at radius 3 is 2.65 bits per heavy atom. The molecule has 1 aromatic heterocycles. The van der Waals surface area contributed by atoms with Crippen LogP contribution in [-0.4, -0.2) is 15.7 Å². The van der Waals surface area contributed by atoms with E-state index in [-0.39, 0.29) is 0 Å². The highest BCUT2D eigenvalue weighted by Crippen LogP contribution is 2.40. The van der Waals surface area contributed by atoms with Gasteiger partial charge in [-0.1, -0.05) is 13.8 Å². The average molecular weight is 252 g/mol. The Kier molecular flexibility index (Phi) is 3.89. The molecule has 2 rings (SSSR count). The van der Waals surface area contributed by atoms with Crippen molar-refractivity contribution in [2.24, 2.45) is 11.8 Å². The Hall–Kier alpha value is -0.810. The van der Waals surface area contributed by atoms with Crippen molar-refractivity contribution in [3.8, 4) is 0 Å². The van der Waals surface area contributed by atoms with Crippen LogP contribution in [-0.2, 0) is 0 Å². The van der Waals surface area contributed by atoms with Gasteiger partial charge >= 0.3 is 0 Å². The number of rotatable bonds is 5. The van der Waals surface area contributed by atoms with Crippen LogP contribution in [0.2, 0.25) is 0 Å². The van der Waals surface area contributed by atoms with E-state index in [2.05, 4.69) is 29.2 Å². The number of hydrogen-bond donors (Lipinski definition) is 2. The molecule has 1 heterocycles. The van der Waals surface area contributed by atoms with Gasteiger partial charge < -0.3 is 5.43 Å². The molecule has 94 valence electrons. The van der Waals surface area contributed by atoms with Gasteiger partial charge in [0.1, 0.15) is 16.7 Å². The van der Waals surface area contributed by atoms with E-state index in [0.29, 0.717) is 11.8 Å². The second-order valence-electron chi connectivity index (χ2n) is 4.98. The Balaban J connectivity index is 2.24. The Bertz CT molecular complexity index is 402. The van der Waals surface area contributed by atoms with E-state index in [1.165, 1.54) is 12.8 Å². The van der Waals surface area contributed by atoms with Crippen molar-refractivity contribution < 1.29 is 0 Å². The maximum Gasteiger partial charge on any atom is 0.147 e. The molecule has 0 amide bonds. The zero-order chi connectivity index (χ0) is 12.4. The Labute approximate surface area is 107 Å². The number of thioether (sulfide) groups is 1. The van der Waals surface area contributed by atoms with Crippen molar-refractivity contribution in [1.82, 2.24) is 9.97 Å². The Morgan fingerprint density at radius 1 is 1.41 bits per heavy atom. The van der Waals surface area contributed by atoms with Crippen molar-refractivity contribution in [3.63, 3.8) is 0 Å². The van der Waals surface area contributed by atoms with Gasteiger partial charge in [0.15, 0.2) is 0 Å². The molecule has 1 fully saturated rings. The summed E-state index contributed by atoms with van der Waals surface area (Å²) >= 11 is 1.80. The van der Waals surface area contributed by atoms with E-state index < -0.39 is 0 Å². The predicted octanol–water partition coefficient (Wildman–Crippen LogP) is 2.70. The number of aromatic nitrogens is 2. The van der Waals surface area contributed by atoms with E-state index in [1.54, 1.807) is 11.8 Å². The maximum atomic E-state index is 5.52. The quantitative estimate of drug-likeness (QED) is 0.365. The third-order valence-electron chi connectivity index (χ3n) is 2.75. The fourth-order valence-corrected chi connectivity index (χ4v) is 2.53.